The fourth-order valence-corrected chi connectivity index (χ4v) is 6.12. The minimum atomic E-state index is -3.59. The lowest BCUT2D eigenvalue weighted by Crippen LogP contribution is -2.13. The van der Waals surface area contributed by atoms with Gasteiger partial charge < -0.3 is 5.32 Å². The van der Waals surface area contributed by atoms with Gasteiger partial charge in [-0.25, -0.2) is 17.8 Å². The van der Waals surface area contributed by atoms with E-state index in [0.29, 0.717) is 16.5 Å². The zero-order valence-electron chi connectivity index (χ0n) is 16.3. The Labute approximate surface area is 196 Å². The number of amides is 1. The minimum Gasteiger partial charge on any atom is -0.301 e. The number of sulfonamides is 1. The van der Waals surface area contributed by atoms with E-state index in [1.807, 2.05) is 0 Å². The Hall–Kier alpha value is -2.73. The predicted molar refractivity (Wildman–Crippen MR) is 128 cm³/mol. The van der Waals surface area contributed by atoms with Gasteiger partial charge in [-0.15, -0.1) is 34.4 Å². The van der Waals surface area contributed by atoms with Crippen molar-refractivity contribution in [1.82, 2.24) is 4.98 Å². The van der Waals surface area contributed by atoms with E-state index >= 15 is 0 Å². The van der Waals surface area contributed by atoms with Crippen molar-refractivity contribution in [2.24, 2.45) is 0 Å². The molecule has 0 radical (unpaired) electrons. The second-order valence-electron chi connectivity index (χ2n) is 6.44. The number of carbonyl (C=O) groups is 1. The van der Waals surface area contributed by atoms with Gasteiger partial charge in [-0.1, -0.05) is 6.07 Å². The van der Waals surface area contributed by atoms with Gasteiger partial charge in [0, 0.05) is 21.5 Å². The van der Waals surface area contributed by atoms with Crippen LogP contribution in [0, 0.1) is 5.82 Å². The summed E-state index contributed by atoms with van der Waals surface area (Å²) < 4.78 is 40.4. The summed E-state index contributed by atoms with van der Waals surface area (Å²) in [6.07, 6.45) is 0. The highest BCUT2D eigenvalue weighted by molar-refractivity contribution is 8.00. The summed E-state index contributed by atoms with van der Waals surface area (Å²) in [6, 6.07) is 16.0. The molecule has 164 valence electrons. The molecule has 0 atom stereocenters. The highest BCUT2D eigenvalue weighted by Crippen LogP contribution is 2.26. The van der Waals surface area contributed by atoms with Crippen LogP contribution in [0.1, 0.15) is 0 Å². The first-order valence-corrected chi connectivity index (χ1v) is 13.4. The molecule has 2 aromatic heterocycles. The monoisotopic (exact) mass is 505 g/mol. The third-order valence-electron chi connectivity index (χ3n) is 4.13. The molecule has 6 nitrogen and oxygen atoms in total. The summed E-state index contributed by atoms with van der Waals surface area (Å²) in [4.78, 5) is 17.4. The fraction of sp³-hybridized carbons (Fsp3) is 0.0476. The van der Waals surface area contributed by atoms with Gasteiger partial charge in [0.1, 0.15) is 10.0 Å². The third-order valence-corrected chi connectivity index (χ3v) is 8.68. The summed E-state index contributed by atoms with van der Waals surface area (Å²) in [5.41, 5.74) is 1.88. The number of halogens is 1. The van der Waals surface area contributed by atoms with E-state index in [9.17, 15) is 17.6 Å². The van der Waals surface area contributed by atoms with E-state index in [-0.39, 0.29) is 21.7 Å². The largest absolute Gasteiger partial charge is 0.301 e. The third kappa shape index (κ3) is 5.74. The van der Waals surface area contributed by atoms with E-state index in [1.54, 1.807) is 59.3 Å². The predicted octanol–water partition coefficient (Wildman–Crippen LogP) is 5.54. The Morgan fingerprint density at radius 1 is 1.03 bits per heavy atom. The number of rotatable bonds is 8. The van der Waals surface area contributed by atoms with Crippen molar-refractivity contribution in [3.05, 3.63) is 77.2 Å². The van der Waals surface area contributed by atoms with Crippen LogP contribution in [0.15, 0.2) is 80.5 Å². The summed E-state index contributed by atoms with van der Waals surface area (Å²) in [5, 5.41) is 6.72. The molecule has 2 aromatic carbocycles. The first-order valence-electron chi connectivity index (χ1n) is 9.19. The van der Waals surface area contributed by atoms with E-state index in [0.717, 1.165) is 21.8 Å². The zero-order valence-corrected chi connectivity index (χ0v) is 19.6. The van der Waals surface area contributed by atoms with Crippen molar-refractivity contribution >= 4 is 61.2 Å². The molecule has 0 aliphatic rings. The molecule has 0 spiro atoms. The van der Waals surface area contributed by atoms with Crippen molar-refractivity contribution in [2.45, 2.75) is 9.10 Å². The average molecular weight is 506 g/mol. The van der Waals surface area contributed by atoms with Gasteiger partial charge in [-0.2, -0.15) is 0 Å². The number of thioether (sulfide) groups is 1. The highest BCUT2D eigenvalue weighted by atomic mass is 32.2. The van der Waals surface area contributed by atoms with Crippen molar-refractivity contribution in [3.8, 4) is 11.3 Å². The van der Waals surface area contributed by atoms with E-state index in [2.05, 4.69) is 15.0 Å². The zero-order chi connectivity index (χ0) is 22.6. The second kappa shape index (κ2) is 9.82. The number of carbonyl (C=O) groups excluding carboxylic acids is 1. The highest BCUT2D eigenvalue weighted by Gasteiger charge is 2.15. The summed E-state index contributed by atoms with van der Waals surface area (Å²) in [6.45, 7) is 0. The average Bonchev–Trinajstić information content (AvgIpc) is 3.47. The molecule has 0 bridgehead atoms. The van der Waals surface area contributed by atoms with Crippen LogP contribution in [0.3, 0.4) is 0 Å². The van der Waals surface area contributed by atoms with Crippen LogP contribution in [0.25, 0.3) is 11.3 Å². The minimum absolute atomic E-state index is 0.172. The maximum Gasteiger partial charge on any atom is 0.271 e. The van der Waals surface area contributed by atoms with Gasteiger partial charge in [-0.3, -0.25) is 9.52 Å². The number of thiophene rings is 1. The molecule has 32 heavy (non-hydrogen) atoms. The van der Waals surface area contributed by atoms with Crippen molar-refractivity contribution in [3.63, 3.8) is 0 Å². The summed E-state index contributed by atoms with van der Waals surface area (Å²) in [7, 11) is -3.59. The number of nitrogens with zero attached hydrogens (tertiary/aromatic N) is 1. The number of nitrogens with one attached hydrogen (secondary N) is 2. The second-order valence-corrected chi connectivity index (χ2v) is 11.2. The van der Waals surface area contributed by atoms with Crippen LogP contribution in [0.5, 0.6) is 0 Å². The van der Waals surface area contributed by atoms with Crippen molar-refractivity contribution in [1.29, 1.82) is 0 Å². The number of aromatic nitrogens is 1. The SMILES string of the molecule is O=C(CSc1ccc(NS(=O)(=O)c2cccs2)cc1)Nc1nc(-c2ccc(F)cc2)cs1. The number of anilines is 2. The van der Waals surface area contributed by atoms with Gasteiger partial charge in [-0.05, 0) is 60.0 Å². The van der Waals surface area contributed by atoms with Gasteiger partial charge in [0.2, 0.25) is 5.91 Å². The number of benzene rings is 2. The van der Waals surface area contributed by atoms with Crippen molar-refractivity contribution < 1.29 is 17.6 Å². The molecule has 4 rings (SSSR count). The molecule has 0 unspecified atom stereocenters. The van der Waals surface area contributed by atoms with Crippen LogP contribution < -0.4 is 10.0 Å². The lowest BCUT2D eigenvalue weighted by Gasteiger charge is -2.07. The van der Waals surface area contributed by atoms with Gasteiger partial charge in [0.15, 0.2) is 5.13 Å². The van der Waals surface area contributed by atoms with Crippen LogP contribution in [-0.2, 0) is 14.8 Å². The number of hydrogen-bond donors (Lipinski definition) is 2. The molecular weight excluding hydrogens is 490 g/mol. The van der Waals surface area contributed by atoms with E-state index in [4.69, 9.17) is 0 Å². The molecule has 0 saturated heterocycles. The number of thiazole rings is 1. The summed E-state index contributed by atoms with van der Waals surface area (Å²) in [5.74, 6) is -0.355. The molecular formula is C21H16FN3O3S4. The first-order chi connectivity index (χ1) is 15.4. The maximum absolute atomic E-state index is 13.1. The Morgan fingerprint density at radius 2 is 1.78 bits per heavy atom. The Balaban J connectivity index is 1.29. The molecule has 0 saturated carbocycles. The lowest BCUT2D eigenvalue weighted by atomic mass is 10.2. The fourth-order valence-electron chi connectivity index (χ4n) is 2.63. The molecule has 11 heteroatoms. The number of hydrogen-bond acceptors (Lipinski definition) is 7. The molecule has 1 amide bonds. The Kier molecular flexibility index (Phi) is 6.89. The van der Waals surface area contributed by atoms with Crippen molar-refractivity contribution in [2.75, 3.05) is 15.8 Å². The lowest BCUT2D eigenvalue weighted by molar-refractivity contribution is -0.113. The standard InChI is InChI=1S/C21H16FN3O3S4/c22-15-5-3-14(4-6-15)18-12-31-21(23-18)24-19(26)13-30-17-9-7-16(8-10-17)25-32(27,28)20-2-1-11-29-20/h1-12,25H,13H2,(H,23,24,26). The first kappa shape index (κ1) is 22.5. The Morgan fingerprint density at radius 3 is 2.47 bits per heavy atom. The maximum atomic E-state index is 13.1. The molecule has 2 heterocycles. The van der Waals surface area contributed by atoms with E-state index < -0.39 is 10.0 Å². The van der Waals surface area contributed by atoms with Crippen LogP contribution >= 0.6 is 34.4 Å². The van der Waals surface area contributed by atoms with Crippen LogP contribution in [0.2, 0.25) is 0 Å². The van der Waals surface area contributed by atoms with Crippen LogP contribution in [-0.4, -0.2) is 25.1 Å². The molecule has 4 aromatic rings. The Bertz CT molecular complexity index is 1300. The van der Waals surface area contributed by atoms with Crippen LogP contribution in [0.4, 0.5) is 15.2 Å². The van der Waals surface area contributed by atoms with Gasteiger partial charge >= 0.3 is 0 Å². The quantitative estimate of drug-likeness (QED) is 0.307. The molecule has 2 N–H and O–H groups in total. The smallest absolute Gasteiger partial charge is 0.271 e. The molecule has 0 aliphatic carbocycles. The van der Waals surface area contributed by atoms with Gasteiger partial charge in [0.25, 0.3) is 10.0 Å². The topological polar surface area (TPSA) is 88.2 Å². The normalized spacial score (nSPS) is 11.3. The molecule has 0 fully saturated rings. The molecule has 0 aliphatic heterocycles. The summed E-state index contributed by atoms with van der Waals surface area (Å²) >= 11 is 3.77. The van der Waals surface area contributed by atoms with Gasteiger partial charge in [0.05, 0.1) is 11.4 Å². The van der Waals surface area contributed by atoms with E-state index in [1.165, 1.54) is 35.2 Å².